The van der Waals surface area contributed by atoms with Crippen molar-refractivity contribution < 1.29 is 4.39 Å². The smallest absolute Gasteiger partial charge is 0.136 e. The Hall–Kier alpha value is -1.48. The fourth-order valence-electron chi connectivity index (χ4n) is 3.20. The largest absolute Gasteiger partial charge is 0.314 e. The van der Waals surface area contributed by atoms with Gasteiger partial charge in [-0.1, -0.05) is 30.7 Å². The summed E-state index contributed by atoms with van der Waals surface area (Å²) in [4.78, 5) is 4.38. The molecular formula is C17H21FN2. The summed E-state index contributed by atoms with van der Waals surface area (Å²) >= 11 is 0. The van der Waals surface area contributed by atoms with Crippen molar-refractivity contribution in [3.8, 4) is 0 Å². The molecule has 20 heavy (non-hydrogen) atoms. The predicted octanol–water partition coefficient (Wildman–Crippen LogP) is 3.95. The summed E-state index contributed by atoms with van der Waals surface area (Å²) in [6, 6.07) is 9.94. The molecule has 2 nitrogen and oxygen atoms in total. The first-order valence-electron chi connectivity index (χ1n) is 7.43. The van der Waals surface area contributed by atoms with Crippen LogP contribution in [0.2, 0.25) is 0 Å². The molecular weight excluding hydrogens is 251 g/mol. The Labute approximate surface area is 119 Å². The standard InChI is InChI=1S/C17H21FN2/c1-17(18,12-14-8-2-3-10-19-14)15-9-4-6-13-7-5-11-20-16(13)15/h4-7,9,11,14,19H,2-3,8,10,12H2,1H3. The topological polar surface area (TPSA) is 24.9 Å². The number of pyridine rings is 1. The second kappa shape index (κ2) is 5.49. The quantitative estimate of drug-likeness (QED) is 0.915. The molecule has 0 amide bonds. The Balaban J connectivity index is 1.91. The maximum absolute atomic E-state index is 15.3. The molecule has 106 valence electrons. The van der Waals surface area contributed by atoms with Crippen LogP contribution in [0.15, 0.2) is 36.5 Å². The van der Waals surface area contributed by atoms with Gasteiger partial charge < -0.3 is 5.32 Å². The van der Waals surface area contributed by atoms with Gasteiger partial charge in [-0.15, -0.1) is 0 Å². The van der Waals surface area contributed by atoms with Crippen LogP contribution < -0.4 is 5.32 Å². The molecule has 0 spiro atoms. The fraction of sp³-hybridized carbons (Fsp3) is 0.471. The maximum atomic E-state index is 15.3. The van der Waals surface area contributed by atoms with E-state index in [9.17, 15) is 0 Å². The fourth-order valence-corrected chi connectivity index (χ4v) is 3.20. The Kier molecular flexibility index (Phi) is 3.70. The van der Waals surface area contributed by atoms with Gasteiger partial charge in [0.25, 0.3) is 0 Å². The number of hydrogen-bond acceptors (Lipinski definition) is 2. The van der Waals surface area contributed by atoms with E-state index in [-0.39, 0.29) is 6.04 Å². The third kappa shape index (κ3) is 2.68. The van der Waals surface area contributed by atoms with E-state index in [1.54, 1.807) is 13.1 Å². The minimum atomic E-state index is -1.34. The zero-order valence-corrected chi connectivity index (χ0v) is 11.9. The number of nitrogens with one attached hydrogen (secondary N) is 1. The molecule has 0 bridgehead atoms. The second-order valence-electron chi connectivity index (χ2n) is 5.93. The lowest BCUT2D eigenvalue weighted by Crippen LogP contribution is -2.38. The molecule has 3 rings (SSSR count). The van der Waals surface area contributed by atoms with Crippen molar-refractivity contribution >= 4 is 10.9 Å². The monoisotopic (exact) mass is 272 g/mol. The number of fused-ring (bicyclic) bond motifs is 1. The molecule has 1 aliphatic heterocycles. The molecule has 2 aromatic rings. The lowest BCUT2D eigenvalue weighted by Gasteiger charge is -2.30. The first-order chi connectivity index (χ1) is 9.67. The first-order valence-corrected chi connectivity index (χ1v) is 7.43. The highest BCUT2D eigenvalue weighted by Gasteiger charge is 2.32. The summed E-state index contributed by atoms with van der Waals surface area (Å²) in [6.07, 6.45) is 5.72. The summed E-state index contributed by atoms with van der Waals surface area (Å²) in [5, 5.41) is 4.44. The molecule has 2 heterocycles. The maximum Gasteiger partial charge on any atom is 0.136 e. The van der Waals surface area contributed by atoms with E-state index in [0.717, 1.165) is 23.9 Å². The Morgan fingerprint density at radius 2 is 2.15 bits per heavy atom. The van der Waals surface area contributed by atoms with Gasteiger partial charge in [-0.25, -0.2) is 4.39 Å². The van der Waals surface area contributed by atoms with Crippen LogP contribution in [-0.4, -0.2) is 17.6 Å². The van der Waals surface area contributed by atoms with E-state index in [2.05, 4.69) is 10.3 Å². The average molecular weight is 272 g/mol. The van der Waals surface area contributed by atoms with Crippen LogP contribution in [0.5, 0.6) is 0 Å². The molecule has 0 saturated carbocycles. The highest BCUT2D eigenvalue weighted by molar-refractivity contribution is 5.82. The van der Waals surface area contributed by atoms with Crippen molar-refractivity contribution in [3.05, 3.63) is 42.1 Å². The van der Waals surface area contributed by atoms with Gasteiger partial charge in [-0.05, 0) is 32.4 Å². The van der Waals surface area contributed by atoms with Crippen molar-refractivity contribution in [1.82, 2.24) is 10.3 Å². The highest BCUT2D eigenvalue weighted by atomic mass is 19.1. The number of nitrogens with zero attached hydrogens (tertiary/aromatic N) is 1. The van der Waals surface area contributed by atoms with Crippen LogP contribution in [0.25, 0.3) is 10.9 Å². The number of hydrogen-bond donors (Lipinski definition) is 1. The minimum Gasteiger partial charge on any atom is -0.314 e. The van der Waals surface area contributed by atoms with Gasteiger partial charge in [0.2, 0.25) is 0 Å². The predicted molar refractivity (Wildman–Crippen MR) is 80.5 cm³/mol. The van der Waals surface area contributed by atoms with Crippen molar-refractivity contribution in [1.29, 1.82) is 0 Å². The van der Waals surface area contributed by atoms with E-state index in [1.165, 1.54) is 12.8 Å². The van der Waals surface area contributed by atoms with Crippen LogP contribution in [0, 0.1) is 0 Å². The van der Waals surface area contributed by atoms with Crippen LogP contribution >= 0.6 is 0 Å². The third-order valence-electron chi connectivity index (χ3n) is 4.24. The number of alkyl halides is 1. The van der Waals surface area contributed by atoms with Gasteiger partial charge in [0.15, 0.2) is 0 Å². The van der Waals surface area contributed by atoms with Crippen molar-refractivity contribution in [2.45, 2.75) is 44.3 Å². The molecule has 0 aliphatic carbocycles. The molecule has 3 heteroatoms. The van der Waals surface area contributed by atoms with Crippen molar-refractivity contribution in [2.24, 2.45) is 0 Å². The number of aromatic nitrogens is 1. The Morgan fingerprint density at radius 1 is 1.30 bits per heavy atom. The van der Waals surface area contributed by atoms with E-state index in [1.807, 2.05) is 30.3 Å². The zero-order valence-electron chi connectivity index (χ0n) is 11.9. The van der Waals surface area contributed by atoms with Crippen molar-refractivity contribution in [3.63, 3.8) is 0 Å². The zero-order chi connectivity index (χ0) is 14.0. The number of piperidine rings is 1. The Morgan fingerprint density at radius 3 is 2.95 bits per heavy atom. The van der Waals surface area contributed by atoms with Gasteiger partial charge in [0.05, 0.1) is 5.52 Å². The van der Waals surface area contributed by atoms with Crippen LogP contribution in [0.1, 0.15) is 38.2 Å². The van der Waals surface area contributed by atoms with Gasteiger partial charge in [0, 0.05) is 29.6 Å². The van der Waals surface area contributed by atoms with Crippen molar-refractivity contribution in [2.75, 3.05) is 6.54 Å². The lowest BCUT2D eigenvalue weighted by atomic mass is 9.86. The average Bonchev–Trinajstić information content (AvgIpc) is 2.47. The number of benzene rings is 1. The minimum absolute atomic E-state index is 0.276. The van der Waals surface area contributed by atoms with E-state index in [0.29, 0.717) is 12.0 Å². The Bertz CT molecular complexity index is 583. The number of halogens is 1. The molecule has 1 saturated heterocycles. The van der Waals surface area contributed by atoms with Gasteiger partial charge in [0.1, 0.15) is 5.67 Å². The summed E-state index contributed by atoms with van der Waals surface area (Å²) in [5.74, 6) is 0. The van der Waals surface area contributed by atoms with Gasteiger partial charge in [-0.3, -0.25) is 4.98 Å². The van der Waals surface area contributed by atoms with E-state index < -0.39 is 5.67 Å². The summed E-state index contributed by atoms with van der Waals surface area (Å²) in [5.41, 5.74) is 0.154. The van der Waals surface area contributed by atoms with E-state index >= 15 is 4.39 Å². The van der Waals surface area contributed by atoms with Crippen LogP contribution in [-0.2, 0) is 5.67 Å². The molecule has 1 fully saturated rings. The first kappa shape index (κ1) is 13.5. The molecule has 1 aromatic heterocycles. The molecule has 0 radical (unpaired) electrons. The summed E-state index contributed by atoms with van der Waals surface area (Å²) < 4.78 is 15.3. The van der Waals surface area contributed by atoms with Gasteiger partial charge in [-0.2, -0.15) is 0 Å². The third-order valence-corrected chi connectivity index (χ3v) is 4.24. The SMILES string of the molecule is CC(F)(CC1CCCCN1)c1cccc2cccnc12. The molecule has 1 aromatic carbocycles. The van der Waals surface area contributed by atoms with Crippen LogP contribution in [0.3, 0.4) is 0 Å². The summed E-state index contributed by atoms with van der Waals surface area (Å²) in [7, 11) is 0. The van der Waals surface area contributed by atoms with Crippen LogP contribution in [0.4, 0.5) is 4.39 Å². The second-order valence-corrected chi connectivity index (χ2v) is 5.93. The highest BCUT2D eigenvalue weighted by Crippen LogP contribution is 2.35. The molecule has 2 atom stereocenters. The number of rotatable bonds is 3. The van der Waals surface area contributed by atoms with E-state index in [4.69, 9.17) is 0 Å². The molecule has 1 N–H and O–H groups in total. The lowest BCUT2D eigenvalue weighted by molar-refractivity contribution is 0.147. The summed E-state index contributed by atoms with van der Waals surface area (Å²) in [6.45, 7) is 2.70. The molecule has 2 unspecified atom stereocenters. The molecule has 1 aliphatic rings. The van der Waals surface area contributed by atoms with Gasteiger partial charge >= 0.3 is 0 Å². The normalized spacial score (nSPS) is 22.6. The number of para-hydroxylation sites is 1.